The first-order chi connectivity index (χ1) is 6.20. The van der Waals surface area contributed by atoms with E-state index in [9.17, 15) is 4.79 Å². The van der Waals surface area contributed by atoms with E-state index in [4.69, 9.17) is 15.6 Å². The lowest BCUT2D eigenvalue weighted by atomic mass is 10.2. The van der Waals surface area contributed by atoms with Gasteiger partial charge in [-0.15, -0.1) is 0 Å². The Morgan fingerprint density at radius 3 is 3.08 bits per heavy atom. The molecule has 0 bridgehead atoms. The van der Waals surface area contributed by atoms with Gasteiger partial charge in [-0.3, -0.25) is 4.79 Å². The van der Waals surface area contributed by atoms with Gasteiger partial charge in [0.15, 0.2) is 0 Å². The van der Waals surface area contributed by atoms with E-state index in [0.717, 1.165) is 25.4 Å². The third-order valence-electron chi connectivity index (χ3n) is 1.99. The van der Waals surface area contributed by atoms with Crippen LogP contribution in [0.5, 0.6) is 0 Å². The third kappa shape index (κ3) is 3.97. The molecule has 2 unspecified atom stereocenters. The van der Waals surface area contributed by atoms with E-state index < -0.39 is 12.0 Å². The van der Waals surface area contributed by atoms with E-state index in [1.807, 2.05) is 0 Å². The topological polar surface area (TPSA) is 72.5 Å². The fourth-order valence-electron chi connectivity index (χ4n) is 1.15. The minimum absolute atomic E-state index is 0.492. The van der Waals surface area contributed by atoms with Crippen molar-refractivity contribution in [3.05, 3.63) is 0 Å². The predicted molar refractivity (Wildman–Crippen MR) is 51.9 cm³/mol. The SMILES string of the molecule is NC(CSCC1CCOC1)C(=O)O. The van der Waals surface area contributed by atoms with Crippen molar-refractivity contribution in [3.63, 3.8) is 0 Å². The highest BCUT2D eigenvalue weighted by Gasteiger charge is 2.17. The Balaban J connectivity index is 2.02. The van der Waals surface area contributed by atoms with Crippen LogP contribution in [0.4, 0.5) is 0 Å². The van der Waals surface area contributed by atoms with Crippen LogP contribution in [0.15, 0.2) is 0 Å². The fourth-order valence-corrected chi connectivity index (χ4v) is 2.28. The first-order valence-corrected chi connectivity index (χ1v) is 5.49. The second kappa shape index (κ2) is 5.47. The molecule has 0 aromatic heterocycles. The van der Waals surface area contributed by atoms with Gasteiger partial charge in [-0.25, -0.2) is 0 Å². The lowest BCUT2D eigenvalue weighted by molar-refractivity contribution is -0.137. The summed E-state index contributed by atoms with van der Waals surface area (Å²) in [5, 5.41) is 8.51. The van der Waals surface area contributed by atoms with Crippen LogP contribution in [0.2, 0.25) is 0 Å². The number of rotatable bonds is 5. The van der Waals surface area contributed by atoms with Crippen molar-refractivity contribution in [2.24, 2.45) is 11.7 Å². The highest BCUT2D eigenvalue weighted by molar-refractivity contribution is 7.99. The maximum Gasteiger partial charge on any atom is 0.321 e. The monoisotopic (exact) mass is 205 g/mol. The van der Waals surface area contributed by atoms with Gasteiger partial charge in [-0.05, 0) is 18.1 Å². The lowest BCUT2D eigenvalue weighted by Crippen LogP contribution is -2.32. The van der Waals surface area contributed by atoms with Crippen LogP contribution in [0.25, 0.3) is 0 Å². The molecule has 3 N–H and O–H groups in total. The average molecular weight is 205 g/mol. The number of carboxylic acids is 1. The zero-order valence-corrected chi connectivity index (χ0v) is 8.26. The van der Waals surface area contributed by atoms with E-state index in [2.05, 4.69) is 0 Å². The molecule has 0 saturated carbocycles. The molecule has 0 aromatic carbocycles. The van der Waals surface area contributed by atoms with E-state index in [-0.39, 0.29) is 0 Å². The Morgan fingerprint density at radius 2 is 2.54 bits per heavy atom. The number of hydrogen-bond donors (Lipinski definition) is 2. The second-order valence-electron chi connectivity index (χ2n) is 3.21. The Labute approximate surface area is 81.8 Å². The van der Waals surface area contributed by atoms with Crippen LogP contribution in [-0.2, 0) is 9.53 Å². The molecule has 2 atom stereocenters. The van der Waals surface area contributed by atoms with Crippen molar-refractivity contribution in [2.45, 2.75) is 12.5 Å². The summed E-state index contributed by atoms with van der Waals surface area (Å²) in [6, 6.07) is -0.729. The molecule has 0 amide bonds. The van der Waals surface area contributed by atoms with Crippen molar-refractivity contribution in [2.75, 3.05) is 24.7 Å². The lowest BCUT2D eigenvalue weighted by Gasteiger charge is -2.08. The zero-order chi connectivity index (χ0) is 9.68. The summed E-state index contributed by atoms with van der Waals surface area (Å²) < 4.78 is 5.20. The molecule has 0 aromatic rings. The summed E-state index contributed by atoms with van der Waals surface area (Å²) in [4.78, 5) is 10.4. The molecule has 1 aliphatic rings. The molecule has 1 aliphatic heterocycles. The van der Waals surface area contributed by atoms with Crippen LogP contribution in [0, 0.1) is 5.92 Å². The molecule has 0 aliphatic carbocycles. The number of hydrogen-bond acceptors (Lipinski definition) is 4. The summed E-state index contributed by atoms with van der Waals surface area (Å²) in [6.07, 6.45) is 1.09. The molecule has 0 radical (unpaired) electrons. The normalized spacial score (nSPS) is 24.5. The van der Waals surface area contributed by atoms with Gasteiger partial charge in [0.1, 0.15) is 6.04 Å². The van der Waals surface area contributed by atoms with E-state index in [0.29, 0.717) is 11.7 Å². The summed E-state index contributed by atoms with van der Waals surface area (Å²) in [7, 11) is 0. The molecule has 1 heterocycles. The standard InChI is InChI=1S/C8H15NO3S/c9-7(8(10)11)5-13-4-6-1-2-12-3-6/h6-7H,1-5,9H2,(H,10,11). The summed E-state index contributed by atoms with van der Waals surface area (Å²) in [6.45, 7) is 1.66. The van der Waals surface area contributed by atoms with Gasteiger partial charge in [0, 0.05) is 12.4 Å². The largest absolute Gasteiger partial charge is 0.480 e. The first-order valence-electron chi connectivity index (χ1n) is 4.34. The molecule has 1 rings (SSSR count). The van der Waals surface area contributed by atoms with Crippen molar-refractivity contribution in [1.29, 1.82) is 0 Å². The van der Waals surface area contributed by atoms with Gasteiger partial charge in [0.05, 0.1) is 6.61 Å². The maximum atomic E-state index is 10.4. The smallest absolute Gasteiger partial charge is 0.321 e. The fraction of sp³-hybridized carbons (Fsp3) is 0.875. The summed E-state index contributed by atoms with van der Waals surface area (Å²) in [5.74, 6) is 1.12. The molecule has 0 spiro atoms. The maximum absolute atomic E-state index is 10.4. The number of aliphatic carboxylic acids is 1. The quantitative estimate of drug-likeness (QED) is 0.669. The molecule has 4 nitrogen and oxygen atoms in total. The van der Waals surface area contributed by atoms with Crippen LogP contribution < -0.4 is 5.73 Å². The first kappa shape index (κ1) is 10.8. The van der Waals surface area contributed by atoms with Crippen LogP contribution in [0.3, 0.4) is 0 Å². The minimum Gasteiger partial charge on any atom is -0.480 e. The van der Waals surface area contributed by atoms with Crippen LogP contribution in [-0.4, -0.2) is 41.8 Å². The van der Waals surface area contributed by atoms with Crippen LogP contribution >= 0.6 is 11.8 Å². The molecular weight excluding hydrogens is 190 g/mol. The molecule has 5 heteroatoms. The summed E-state index contributed by atoms with van der Waals surface area (Å²) in [5.41, 5.74) is 5.35. The number of carboxylic acid groups (broad SMARTS) is 1. The van der Waals surface area contributed by atoms with E-state index in [1.54, 1.807) is 11.8 Å². The van der Waals surface area contributed by atoms with Gasteiger partial charge >= 0.3 is 5.97 Å². The van der Waals surface area contributed by atoms with Gasteiger partial charge < -0.3 is 15.6 Å². The van der Waals surface area contributed by atoms with E-state index in [1.165, 1.54) is 0 Å². The number of thioether (sulfide) groups is 1. The Kier molecular flexibility index (Phi) is 4.55. The molecule has 1 fully saturated rings. The molecular formula is C8H15NO3S. The highest BCUT2D eigenvalue weighted by atomic mass is 32.2. The number of ether oxygens (including phenoxy) is 1. The van der Waals surface area contributed by atoms with Gasteiger partial charge in [0.25, 0.3) is 0 Å². The second-order valence-corrected chi connectivity index (χ2v) is 4.29. The number of nitrogens with two attached hydrogens (primary N) is 1. The van der Waals surface area contributed by atoms with Crippen molar-refractivity contribution in [1.82, 2.24) is 0 Å². The molecule has 76 valence electrons. The van der Waals surface area contributed by atoms with Crippen molar-refractivity contribution < 1.29 is 14.6 Å². The third-order valence-corrected chi connectivity index (χ3v) is 3.29. The average Bonchev–Trinajstić information content (AvgIpc) is 2.56. The van der Waals surface area contributed by atoms with Crippen molar-refractivity contribution in [3.8, 4) is 0 Å². The van der Waals surface area contributed by atoms with Gasteiger partial charge in [-0.2, -0.15) is 11.8 Å². The number of carbonyl (C=O) groups is 1. The van der Waals surface area contributed by atoms with Crippen LogP contribution in [0.1, 0.15) is 6.42 Å². The van der Waals surface area contributed by atoms with E-state index >= 15 is 0 Å². The predicted octanol–water partition coefficient (Wildman–Crippen LogP) is 0.168. The van der Waals surface area contributed by atoms with Gasteiger partial charge in [-0.1, -0.05) is 0 Å². The molecule has 13 heavy (non-hydrogen) atoms. The minimum atomic E-state index is -0.921. The Bertz CT molecular complexity index is 171. The summed E-state index contributed by atoms with van der Waals surface area (Å²) >= 11 is 1.60. The van der Waals surface area contributed by atoms with Crippen molar-refractivity contribution >= 4 is 17.7 Å². The Morgan fingerprint density at radius 1 is 1.77 bits per heavy atom. The molecule has 1 saturated heterocycles. The van der Waals surface area contributed by atoms with Gasteiger partial charge in [0.2, 0.25) is 0 Å². The highest BCUT2D eigenvalue weighted by Crippen LogP contribution is 2.18. The zero-order valence-electron chi connectivity index (χ0n) is 7.44. The Hall–Kier alpha value is -0.260.